The normalized spacial score (nSPS) is 12.9. The van der Waals surface area contributed by atoms with Crippen LogP contribution in [-0.4, -0.2) is 33.9 Å². The summed E-state index contributed by atoms with van der Waals surface area (Å²) >= 11 is 0. The van der Waals surface area contributed by atoms with E-state index in [1.165, 1.54) is 6.66 Å². The highest BCUT2D eigenvalue weighted by atomic mass is 31.2. The van der Waals surface area contributed by atoms with E-state index in [1.54, 1.807) is 0 Å². The van der Waals surface area contributed by atoms with Crippen LogP contribution in [0.4, 0.5) is 0 Å². The van der Waals surface area contributed by atoms with Crippen LogP contribution in [-0.2, 0) is 4.57 Å². The fourth-order valence-electron chi connectivity index (χ4n) is 4.17. The number of para-hydroxylation sites is 1. The van der Waals surface area contributed by atoms with Crippen LogP contribution in [0.1, 0.15) is 32.1 Å². The maximum absolute atomic E-state index is 11.4. The molecule has 1 unspecified atom stereocenters. The smallest absolute Gasteiger partial charge is 0.302 e. The highest BCUT2D eigenvalue weighted by Crippen LogP contribution is 2.38. The van der Waals surface area contributed by atoms with Crippen LogP contribution in [0.5, 0.6) is 6.01 Å². The molecule has 0 aliphatic rings. The van der Waals surface area contributed by atoms with Crippen LogP contribution >= 0.6 is 7.37 Å². The third-order valence-electron chi connectivity index (χ3n) is 5.90. The Kier molecular flexibility index (Phi) is 8.57. The van der Waals surface area contributed by atoms with E-state index in [9.17, 15) is 9.46 Å². The standard InChI is InChI=1S/C29H33N2O3P/c1-35(32,33)23-15-4-2-3-14-22-34-29-30-27(24-16-8-5-9-17-24)28(25-18-10-6-11-19-25)31(29)26-20-12-7-13-21-26/h5-13,16-21H,2-4,14-15,22-23H2,1H3,(H,32,33). The third-order valence-corrected chi connectivity index (χ3v) is 7.05. The average molecular weight is 489 g/mol. The quantitative estimate of drug-likeness (QED) is 0.166. The van der Waals surface area contributed by atoms with Gasteiger partial charge in [-0.25, -0.2) is 0 Å². The summed E-state index contributed by atoms with van der Waals surface area (Å²) in [5.41, 5.74) is 5.02. The van der Waals surface area contributed by atoms with Gasteiger partial charge in [-0.05, 0) is 25.0 Å². The summed E-state index contributed by atoms with van der Waals surface area (Å²) < 4.78 is 19.8. The Morgan fingerprint density at radius 3 is 1.94 bits per heavy atom. The van der Waals surface area contributed by atoms with Crippen molar-refractivity contribution in [1.29, 1.82) is 0 Å². The summed E-state index contributed by atoms with van der Waals surface area (Å²) in [5, 5.41) is 0. The summed E-state index contributed by atoms with van der Waals surface area (Å²) in [6.45, 7) is 2.00. The molecule has 0 fully saturated rings. The van der Waals surface area contributed by atoms with Crippen LogP contribution in [0.25, 0.3) is 28.2 Å². The lowest BCUT2D eigenvalue weighted by atomic mass is 10.0. The molecule has 3 aromatic carbocycles. The summed E-state index contributed by atoms with van der Waals surface area (Å²) in [6.07, 6.45) is 5.12. The molecule has 1 aromatic heterocycles. The summed E-state index contributed by atoms with van der Waals surface area (Å²) in [7, 11) is -2.89. The lowest BCUT2D eigenvalue weighted by Crippen LogP contribution is -2.05. The monoisotopic (exact) mass is 488 g/mol. The Bertz CT molecular complexity index is 1240. The van der Waals surface area contributed by atoms with Gasteiger partial charge in [-0.15, -0.1) is 0 Å². The Hall–Kier alpha value is -3.14. The molecule has 6 heteroatoms. The number of imidazole rings is 1. The molecule has 0 amide bonds. The molecule has 0 bridgehead atoms. The van der Waals surface area contributed by atoms with Crippen molar-refractivity contribution in [3.8, 4) is 34.2 Å². The third kappa shape index (κ3) is 6.94. The zero-order chi connectivity index (χ0) is 24.5. The fraction of sp³-hybridized carbons (Fsp3) is 0.276. The molecule has 1 atom stereocenters. The van der Waals surface area contributed by atoms with E-state index in [4.69, 9.17) is 9.72 Å². The van der Waals surface area contributed by atoms with Crippen LogP contribution in [0.15, 0.2) is 91.0 Å². The Morgan fingerprint density at radius 1 is 0.771 bits per heavy atom. The zero-order valence-electron chi connectivity index (χ0n) is 20.2. The minimum absolute atomic E-state index is 0.405. The van der Waals surface area contributed by atoms with Crippen LogP contribution in [0.3, 0.4) is 0 Å². The maximum atomic E-state index is 11.4. The van der Waals surface area contributed by atoms with E-state index in [1.807, 2.05) is 54.6 Å². The lowest BCUT2D eigenvalue weighted by molar-refractivity contribution is 0.278. The molecular weight excluding hydrogens is 455 g/mol. The van der Waals surface area contributed by atoms with Gasteiger partial charge in [0.05, 0.1) is 18.0 Å². The zero-order valence-corrected chi connectivity index (χ0v) is 21.1. The van der Waals surface area contributed by atoms with Crippen molar-refractivity contribution in [2.45, 2.75) is 32.1 Å². The topological polar surface area (TPSA) is 64.3 Å². The largest absolute Gasteiger partial charge is 0.464 e. The van der Waals surface area contributed by atoms with Gasteiger partial charge < -0.3 is 9.63 Å². The van der Waals surface area contributed by atoms with Gasteiger partial charge in [0.15, 0.2) is 7.37 Å². The predicted octanol–water partition coefficient (Wildman–Crippen LogP) is 7.44. The molecule has 1 N–H and O–H groups in total. The first-order chi connectivity index (χ1) is 17.0. The van der Waals surface area contributed by atoms with Gasteiger partial charge in [0.1, 0.15) is 5.69 Å². The van der Waals surface area contributed by atoms with Crippen molar-refractivity contribution in [2.24, 2.45) is 0 Å². The second-order valence-electron chi connectivity index (χ2n) is 8.89. The number of aromatic nitrogens is 2. The van der Waals surface area contributed by atoms with Crippen LogP contribution < -0.4 is 4.74 Å². The number of rotatable bonds is 12. The van der Waals surface area contributed by atoms with Crippen LogP contribution in [0.2, 0.25) is 0 Å². The lowest BCUT2D eigenvalue weighted by Gasteiger charge is -2.13. The summed E-state index contributed by atoms with van der Waals surface area (Å²) in [5.74, 6) is 0. The minimum atomic E-state index is -2.89. The van der Waals surface area contributed by atoms with Gasteiger partial charge in [0, 0.05) is 24.0 Å². The Morgan fingerprint density at radius 2 is 1.31 bits per heavy atom. The molecule has 35 heavy (non-hydrogen) atoms. The summed E-state index contributed by atoms with van der Waals surface area (Å²) in [6, 6.07) is 31.3. The molecular formula is C29H33N2O3P. The molecule has 182 valence electrons. The second-order valence-corrected chi connectivity index (χ2v) is 11.4. The van der Waals surface area contributed by atoms with E-state index in [2.05, 4.69) is 41.0 Å². The number of unbranched alkanes of at least 4 members (excludes halogenated alkanes) is 4. The molecule has 5 nitrogen and oxygen atoms in total. The highest BCUT2D eigenvalue weighted by molar-refractivity contribution is 7.57. The summed E-state index contributed by atoms with van der Waals surface area (Å²) in [4.78, 5) is 14.4. The number of hydrogen-bond donors (Lipinski definition) is 1. The van der Waals surface area contributed by atoms with E-state index >= 15 is 0 Å². The maximum Gasteiger partial charge on any atom is 0.302 e. The van der Waals surface area contributed by atoms with Crippen molar-refractivity contribution in [2.75, 3.05) is 19.4 Å². The molecule has 0 radical (unpaired) electrons. The minimum Gasteiger partial charge on any atom is -0.464 e. The van der Waals surface area contributed by atoms with Crippen molar-refractivity contribution in [3.05, 3.63) is 91.0 Å². The average Bonchev–Trinajstić information content (AvgIpc) is 3.26. The van der Waals surface area contributed by atoms with Gasteiger partial charge in [-0.3, -0.25) is 9.13 Å². The number of benzene rings is 3. The predicted molar refractivity (Wildman–Crippen MR) is 144 cm³/mol. The second kappa shape index (κ2) is 12.0. The first-order valence-corrected chi connectivity index (χ1v) is 14.5. The molecule has 0 saturated heterocycles. The molecule has 0 spiro atoms. The van der Waals surface area contributed by atoms with Crippen molar-refractivity contribution in [3.63, 3.8) is 0 Å². The first kappa shape index (κ1) is 25.0. The highest BCUT2D eigenvalue weighted by Gasteiger charge is 2.22. The number of hydrogen-bond acceptors (Lipinski definition) is 3. The molecule has 0 aliphatic heterocycles. The van der Waals surface area contributed by atoms with E-state index in [0.717, 1.165) is 60.3 Å². The molecule has 0 aliphatic carbocycles. The van der Waals surface area contributed by atoms with E-state index in [0.29, 0.717) is 18.8 Å². The number of nitrogens with zero attached hydrogens (tertiary/aromatic N) is 2. The van der Waals surface area contributed by atoms with E-state index < -0.39 is 7.37 Å². The van der Waals surface area contributed by atoms with Crippen molar-refractivity contribution >= 4 is 7.37 Å². The number of ether oxygens (including phenoxy) is 1. The van der Waals surface area contributed by atoms with Gasteiger partial charge in [-0.2, -0.15) is 4.98 Å². The molecule has 0 saturated carbocycles. The Balaban J connectivity index is 1.57. The van der Waals surface area contributed by atoms with Gasteiger partial charge in [0.2, 0.25) is 0 Å². The molecule has 4 rings (SSSR count). The first-order valence-electron chi connectivity index (χ1n) is 12.2. The van der Waals surface area contributed by atoms with Crippen molar-refractivity contribution in [1.82, 2.24) is 9.55 Å². The Labute approximate surface area is 207 Å². The van der Waals surface area contributed by atoms with Gasteiger partial charge >= 0.3 is 6.01 Å². The molecule has 4 aromatic rings. The fourth-order valence-corrected chi connectivity index (χ4v) is 4.98. The van der Waals surface area contributed by atoms with E-state index in [-0.39, 0.29) is 0 Å². The van der Waals surface area contributed by atoms with Crippen molar-refractivity contribution < 1.29 is 14.2 Å². The SMILES string of the molecule is CP(=O)(O)CCCCCCCOc1nc(-c2ccccc2)c(-c2ccccc2)n1-c1ccccc1. The van der Waals surface area contributed by atoms with Gasteiger partial charge in [0.25, 0.3) is 0 Å². The van der Waals surface area contributed by atoms with Gasteiger partial charge in [-0.1, -0.05) is 98.1 Å². The van der Waals surface area contributed by atoms with Crippen LogP contribution in [0, 0.1) is 0 Å². The molecule has 1 heterocycles.